The molecule has 1 unspecified atom stereocenters. The molecule has 2 heterocycles. The van der Waals surface area contributed by atoms with Gasteiger partial charge < -0.3 is 21.7 Å². The van der Waals surface area contributed by atoms with Crippen molar-refractivity contribution in [1.82, 2.24) is 4.57 Å². The molecule has 0 fully saturated rings. The summed E-state index contributed by atoms with van der Waals surface area (Å²) in [5.41, 5.74) is 4.59. The molecule has 4 nitrogen and oxygen atoms in total. The second kappa shape index (κ2) is 7.75. The van der Waals surface area contributed by atoms with Crippen LogP contribution in [0.25, 0.3) is 0 Å². The number of benzene rings is 2. The molecule has 5 rings (SSSR count). The van der Waals surface area contributed by atoms with E-state index in [1.165, 1.54) is 28.8 Å². The van der Waals surface area contributed by atoms with Crippen molar-refractivity contribution in [3.05, 3.63) is 82.7 Å². The summed E-state index contributed by atoms with van der Waals surface area (Å²) >= 11 is 0. The van der Waals surface area contributed by atoms with Gasteiger partial charge in [0.15, 0.2) is 6.54 Å². The molecule has 3 aromatic rings. The van der Waals surface area contributed by atoms with Gasteiger partial charge in [0.2, 0.25) is 5.78 Å². The zero-order valence-electron chi connectivity index (χ0n) is 16.2. The lowest BCUT2D eigenvalue weighted by Crippen LogP contribution is -3.00. The minimum Gasteiger partial charge on any atom is -1.00 e. The summed E-state index contributed by atoms with van der Waals surface area (Å²) in [4.78, 5) is 12.6. The SMILES string of the molecule is Cc1n(C2CCc3cc4c(cc32)OCC4)cc[n+]1CC(=O)c1ccc(F)cc1.[Br-]. The smallest absolute Gasteiger partial charge is 0.254 e. The van der Waals surface area contributed by atoms with Gasteiger partial charge in [0, 0.05) is 24.5 Å². The Kier molecular flexibility index (Phi) is 5.30. The van der Waals surface area contributed by atoms with Crippen molar-refractivity contribution < 1.29 is 35.5 Å². The van der Waals surface area contributed by atoms with Crippen LogP contribution in [0, 0.1) is 12.7 Å². The average molecular weight is 457 g/mol. The first-order valence-corrected chi connectivity index (χ1v) is 9.74. The first-order chi connectivity index (χ1) is 13.6. The molecule has 2 aromatic carbocycles. The van der Waals surface area contributed by atoms with Crippen LogP contribution in [0.2, 0.25) is 0 Å². The molecule has 1 aliphatic carbocycles. The van der Waals surface area contributed by atoms with Gasteiger partial charge in [-0.25, -0.2) is 13.5 Å². The number of aryl methyl sites for hydroxylation is 1. The molecule has 0 N–H and O–H groups in total. The molecule has 1 aromatic heterocycles. The number of aromatic nitrogens is 2. The molecule has 1 atom stereocenters. The Morgan fingerprint density at radius 1 is 1.21 bits per heavy atom. The van der Waals surface area contributed by atoms with E-state index in [2.05, 4.69) is 22.9 Å². The van der Waals surface area contributed by atoms with E-state index in [0.717, 1.165) is 37.4 Å². The summed E-state index contributed by atoms with van der Waals surface area (Å²) in [7, 11) is 0. The first kappa shape index (κ1) is 19.8. The summed E-state index contributed by atoms with van der Waals surface area (Å²) < 4.78 is 23.1. The third kappa shape index (κ3) is 3.50. The fourth-order valence-corrected chi connectivity index (χ4v) is 4.45. The normalized spacial score (nSPS) is 16.7. The van der Waals surface area contributed by atoms with E-state index in [9.17, 15) is 9.18 Å². The predicted octanol–water partition coefficient (Wildman–Crippen LogP) is 0.581. The maximum atomic E-state index is 13.1. The molecule has 0 saturated heterocycles. The Morgan fingerprint density at radius 3 is 2.79 bits per heavy atom. The van der Waals surface area contributed by atoms with Gasteiger partial charge in [0.05, 0.1) is 6.61 Å². The van der Waals surface area contributed by atoms with Crippen molar-refractivity contribution in [2.45, 2.75) is 38.8 Å². The zero-order chi connectivity index (χ0) is 19.3. The van der Waals surface area contributed by atoms with Crippen molar-refractivity contribution >= 4 is 5.78 Å². The summed E-state index contributed by atoms with van der Waals surface area (Å²) in [5.74, 6) is 1.70. The number of hydrogen-bond acceptors (Lipinski definition) is 2. The second-order valence-electron chi connectivity index (χ2n) is 7.62. The number of ether oxygens (including phenoxy) is 1. The zero-order valence-corrected chi connectivity index (χ0v) is 17.8. The first-order valence-electron chi connectivity index (χ1n) is 9.74. The van der Waals surface area contributed by atoms with Gasteiger partial charge in [0.25, 0.3) is 5.82 Å². The number of rotatable bonds is 4. The van der Waals surface area contributed by atoms with Crippen LogP contribution in [0.4, 0.5) is 4.39 Å². The Morgan fingerprint density at radius 2 is 2.00 bits per heavy atom. The molecule has 150 valence electrons. The highest BCUT2D eigenvalue weighted by atomic mass is 79.9. The van der Waals surface area contributed by atoms with Gasteiger partial charge in [-0.2, -0.15) is 0 Å². The van der Waals surface area contributed by atoms with Gasteiger partial charge in [-0.15, -0.1) is 0 Å². The van der Waals surface area contributed by atoms with Crippen molar-refractivity contribution in [3.8, 4) is 5.75 Å². The number of ketones is 1. The number of fused-ring (bicyclic) bond motifs is 2. The van der Waals surface area contributed by atoms with Gasteiger partial charge in [-0.3, -0.25) is 4.79 Å². The Labute approximate surface area is 179 Å². The second-order valence-corrected chi connectivity index (χ2v) is 7.62. The lowest BCUT2D eigenvalue weighted by molar-refractivity contribution is -0.688. The average Bonchev–Trinajstić information content (AvgIpc) is 3.40. The van der Waals surface area contributed by atoms with Crippen LogP contribution in [0.3, 0.4) is 0 Å². The van der Waals surface area contributed by atoms with Crippen LogP contribution < -0.4 is 26.3 Å². The molecule has 6 heteroatoms. The maximum absolute atomic E-state index is 13.1. The fraction of sp³-hybridized carbons (Fsp3) is 0.304. The molecule has 0 amide bonds. The van der Waals surface area contributed by atoms with Gasteiger partial charge in [-0.05, 0) is 54.3 Å². The lowest BCUT2D eigenvalue weighted by atomic mass is 10.0. The van der Waals surface area contributed by atoms with E-state index in [4.69, 9.17) is 4.74 Å². The van der Waals surface area contributed by atoms with E-state index >= 15 is 0 Å². The van der Waals surface area contributed by atoms with Crippen LogP contribution in [-0.2, 0) is 19.4 Å². The summed E-state index contributed by atoms with van der Waals surface area (Å²) in [6.07, 6.45) is 7.14. The lowest BCUT2D eigenvalue weighted by Gasteiger charge is -2.11. The molecular formula is C23H22BrFN2O2. The molecule has 0 spiro atoms. The van der Waals surface area contributed by atoms with Gasteiger partial charge >= 0.3 is 0 Å². The Bertz CT molecular complexity index is 1080. The largest absolute Gasteiger partial charge is 1.00 e. The predicted molar refractivity (Wildman–Crippen MR) is 102 cm³/mol. The van der Waals surface area contributed by atoms with E-state index in [0.29, 0.717) is 5.56 Å². The molecule has 1 aliphatic heterocycles. The van der Waals surface area contributed by atoms with E-state index < -0.39 is 0 Å². The topological polar surface area (TPSA) is 35.1 Å². The molecular weight excluding hydrogens is 435 g/mol. The van der Waals surface area contributed by atoms with Crippen molar-refractivity contribution in [3.63, 3.8) is 0 Å². The standard InChI is InChI=1S/C23H22FN2O2.BrH/c1-15-25(14-22(27)16-2-5-19(24)6-3-16)9-10-26(15)21-7-4-17-12-18-8-11-28-23(18)13-20(17)21;/h2-3,5-6,9-10,12-13,21H,4,7-8,11,14H2,1H3;1H/q+1;/p-1. The molecule has 29 heavy (non-hydrogen) atoms. The van der Waals surface area contributed by atoms with E-state index in [1.54, 1.807) is 12.1 Å². The minimum absolute atomic E-state index is 0. The van der Waals surface area contributed by atoms with Crippen molar-refractivity contribution in [1.29, 1.82) is 0 Å². The van der Waals surface area contributed by atoms with E-state index in [1.807, 2.05) is 17.7 Å². The molecule has 0 saturated carbocycles. The third-order valence-corrected chi connectivity index (χ3v) is 6.01. The summed E-state index contributed by atoms with van der Waals surface area (Å²) in [5, 5.41) is 0. The summed E-state index contributed by atoms with van der Waals surface area (Å²) in [6, 6.07) is 10.5. The molecule has 0 bridgehead atoms. The fourth-order valence-electron chi connectivity index (χ4n) is 4.45. The quantitative estimate of drug-likeness (QED) is 0.425. The third-order valence-electron chi connectivity index (χ3n) is 6.01. The van der Waals surface area contributed by atoms with Gasteiger partial charge in [-0.1, -0.05) is 6.07 Å². The molecule has 0 radical (unpaired) electrons. The highest BCUT2D eigenvalue weighted by Gasteiger charge is 2.32. The Balaban J connectivity index is 0.00000205. The van der Waals surface area contributed by atoms with E-state index in [-0.39, 0.29) is 41.2 Å². The monoisotopic (exact) mass is 456 g/mol. The van der Waals surface area contributed by atoms with Crippen LogP contribution in [0.5, 0.6) is 5.75 Å². The maximum Gasteiger partial charge on any atom is 0.254 e. The number of carbonyl (C=O) groups is 1. The molecule has 2 aliphatic rings. The number of halogens is 2. The number of Topliss-reactive ketones (excluding diaryl/α,β-unsaturated/α-hetero) is 1. The minimum atomic E-state index is -0.332. The van der Waals surface area contributed by atoms with Crippen LogP contribution in [0.1, 0.15) is 45.3 Å². The van der Waals surface area contributed by atoms with Crippen molar-refractivity contribution in [2.24, 2.45) is 0 Å². The highest BCUT2D eigenvalue weighted by Crippen LogP contribution is 2.40. The number of hydrogen-bond donors (Lipinski definition) is 0. The van der Waals surface area contributed by atoms with Crippen LogP contribution in [-0.4, -0.2) is 17.0 Å². The van der Waals surface area contributed by atoms with Crippen LogP contribution in [0.15, 0.2) is 48.8 Å². The van der Waals surface area contributed by atoms with Gasteiger partial charge in [0.1, 0.15) is 30.0 Å². The van der Waals surface area contributed by atoms with Crippen LogP contribution >= 0.6 is 0 Å². The number of imidazole rings is 1. The Hall–Kier alpha value is -2.47. The van der Waals surface area contributed by atoms with Crippen molar-refractivity contribution in [2.75, 3.05) is 6.61 Å². The number of carbonyl (C=O) groups excluding carboxylic acids is 1. The highest BCUT2D eigenvalue weighted by molar-refractivity contribution is 5.94. The number of nitrogens with zero attached hydrogens (tertiary/aromatic N) is 2. The summed E-state index contributed by atoms with van der Waals surface area (Å²) in [6.45, 7) is 3.06.